The molecule has 0 amide bonds. The van der Waals surface area contributed by atoms with Crippen molar-refractivity contribution in [1.29, 1.82) is 0 Å². The minimum atomic E-state index is -0.397. The van der Waals surface area contributed by atoms with E-state index in [1.165, 1.54) is 19.3 Å². The number of unbranched alkanes of at least 4 members (excludes halogenated alkanes) is 1. The maximum absolute atomic E-state index is 11.5. The highest BCUT2D eigenvalue weighted by Gasteiger charge is 2.20. The van der Waals surface area contributed by atoms with Crippen LogP contribution in [0.4, 0.5) is 0 Å². The second kappa shape index (κ2) is 23.2. The van der Waals surface area contributed by atoms with Gasteiger partial charge >= 0.3 is 7.12 Å². The Morgan fingerprint density at radius 1 is 1.08 bits per heavy atom. The van der Waals surface area contributed by atoms with Crippen molar-refractivity contribution < 1.29 is 14.1 Å². The van der Waals surface area contributed by atoms with Gasteiger partial charge in [-0.05, 0) is 5.47 Å². The highest BCUT2D eigenvalue weighted by Crippen LogP contribution is 2.14. The maximum atomic E-state index is 11.5. The summed E-state index contributed by atoms with van der Waals surface area (Å²) in [7, 11) is 2.76. The first-order valence-corrected chi connectivity index (χ1v) is 9.94. The van der Waals surface area contributed by atoms with Gasteiger partial charge in [-0.25, -0.2) is 0 Å². The van der Waals surface area contributed by atoms with E-state index in [-0.39, 0.29) is 17.5 Å². The zero-order valence-electron chi connectivity index (χ0n) is 17.5. The van der Waals surface area contributed by atoms with E-state index in [4.69, 9.17) is 9.31 Å². The predicted octanol–water partition coefficient (Wildman–Crippen LogP) is 5.72. The van der Waals surface area contributed by atoms with Crippen LogP contribution < -0.4 is 0 Å². The van der Waals surface area contributed by atoms with E-state index in [9.17, 15) is 4.79 Å². The summed E-state index contributed by atoms with van der Waals surface area (Å²) < 4.78 is 10.3. The third-order valence-corrected chi connectivity index (χ3v) is 3.14. The third kappa shape index (κ3) is 16.4. The number of rotatable bonds is 6. The molecule has 1 unspecified atom stereocenters. The van der Waals surface area contributed by atoms with Crippen molar-refractivity contribution in [2.45, 2.75) is 60.8 Å². The van der Waals surface area contributed by atoms with Gasteiger partial charge in [0, 0.05) is 14.2 Å². The standard InChI is InChI=1S/C11H15BO3S.C4H10.C3H8.C2H6/c1-14-12(15-2)10-5-3-4-9(6-7-10)11(13)8-16;1-3-4-2;1-3-2;1-2/h3-7,9,16H,8H2,1-2H3;3-4H2,1-2H3;3H2,1-2H3;1-2H3. The number of ketones is 1. The Morgan fingerprint density at radius 3 is 1.92 bits per heavy atom. The maximum Gasteiger partial charge on any atom is 0.493 e. The summed E-state index contributed by atoms with van der Waals surface area (Å²) in [4.78, 5) is 11.5. The molecule has 1 atom stereocenters. The van der Waals surface area contributed by atoms with Gasteiger partial charge in [0.05, 0.1) is 11.7 Å². The first kappa shape index (κ1) is 29.0. The van der Waals surface area contributed by atoms with E-state index in [1.807, 2.05) is 44.2 Å². The number of thiol groups is 1. The van der Waals surface area contributed by atoms with Gasteiger partial charge in [0.15, 0.2) is 5.78 Å². The summed E-state index contributed by atoms with van der Waals surface area (Å²) in [6.45, 7) is 12.6. The number of allylic oxidation sites excluding steroid dienone is 6. The summed E-state index contributed by atoms with van der Waals surface area (Å²) in [6, 6.07) is 0. The number of Topliss-reactive ketones (excluding diaryl/α,β-unsaturated/α-hetero) is 1. The fraction of sp³-hybridized carbons (Fsp3) is 0.650. The number of carbonyl (C=O) groups is 1. The zero-order valence-corrected chi connectivity index (χ0v) is 18.4. The molecule has 0 radical (unpaired) electrons. The molecular formula is C20H39BO3S. The van der Waals surface area contributed by atoms with Crippen molar-refractivity contribution in [2.75, 3.05) is 20.0 Å². The Hall–Kier alpha value is -0.775. The molecule has 0 aromatic rings. The van der Waals surface area contributed by atoms with Crippen LogP contribution in [0.2, 0.25) is 0 Å². The molecule has 0 N–H and O–H groups in total. The minimum absolute atomic E-state index is 0.0804. The van der Waals surface area contributed by atoms with E-state index in [1.54, 1.807) is 14.2 Å². The monoisotopic (exact) mass is 370 g/mol. The molecule has 1 rings (SSSR count). The van der Waals surface area contributed by atoms with E-state index in [2.05, 4.69) is 40.3 Å². The second-order valence-electron chi connectivity index (χ2n) is 5.07. The molecule has 3 nitrogen and oxygen atoms in total. The van der Waals surface area contributed by atoms with Gasteiger partial charge in [-0.1, -0.05) is 91.2 Å². The van der Waals surface area contributed by atoms with Crippen molar-refractivity contribution in [3.8, 4) is 0 Å². The van der Waals surface area contributed by atoms with Crippen LogP contribution in [-0.2, 0) is 14.1 Å². The average Bonchev–Trinajstić information content (AvgIpc) is 2.91. The highest BCUT2D eigenvalue weighted by molar-refractivity contribution is 7.81. The summed E-state index contributed by atoms with van der Waals surface area (Å²) in [6.07, 6.45) is 13.1. The van der Waals surface area contributed by atoms with Crippen LogP contribution in [0.15, 0.2) is 35.9 Å². The Balaban J connectivity index is -0.000000452. The average molecular weight is 370 g/mol. The van der Waals surface area contributed by atoms with Crippen molar-refractivity contribution >= 4 is 25.5 Å². The second-order valence-corrected chi connectivity index (χ2v) is 5.39. The topological polar surface area (TPSA) is 35.5 Å². The van der Waals surface area contributed by atoms with Crippen molar-refractivity contribution in [1.82, 2.24) is 0 Å². The first-order valence-electron chi connectivity index (χ1n) is 9.31. The fourth-order valence-corrected chi connectivity index (χ4v) is 1.68. The Kier molecular flexibility index (Phi) is 26.9. The van der Waals surface area contributed by atoms with E-state index in [0.717, 1.165) is 5.47 Å². The summed E-state index contributed by atoms with van der Waals surface area (Å²) in [5.41, 5.74) is 0.885. The van der Waals surface area contributed by atoms with Crippen LogP contribution in [0, 0.1) is 5.92 Å². The molecule has 1 aliphatic rings. The van der Waals surface area contributed by atoms with Crippen LogP contribution in [0.1, 0.15) is 60.8 Å². The molecular weight excluding hydrogens is 331 g/mol. The van der Waals surface area contributed by atoms with Gasteiger partial charge in [-0.2, -0.15) is 12.6 Å². The molecule has 0 spiro atoms. The highest BCUT2D eigenvalue weighted by atomic mass is 32.1. The molecule has 5 heteroatoms. The molecule has 1 aliphatic carbocycles. The number of carbonyl (C=O) groups excluding carboxylic acids is 1. The molecule has 25 heavy (non-hydrogen) atoms. The Morgan fingerprint density at radius 2 is 1.56 bits per heavy atom. The summed E-state index contributed by atoms with van der Waals surface area (Å²) >= 11 is 3.98. The SMILES string of the molecule is CC.CCC.CCCC.COB(OC)C1=CC=CC(C(=O)CS)C=C1. The van der Waals surface area contributed by atoms with Crippen LogP contribution in [0.3, 0.4) is 0 Å². The summed E-state index contributed by atoms with van der Waals surface area (Å²) in [5.74, 6) is 0.115. The lowest BCUT2D eigenvalue weighted by molar-refractivity contribution is -0.117. The van der Waals surface area contributed by atoms with Crippen LogP contribution in [0.5, 0.6) is 0 Å². The molecule has 0 heterocycles. The van der Waals surface area contributed by atoms with Gasteiger partial charge in [0.25, 0.3) is 0 Å². The molecule has 0 aromatic carbocycles. The van der Waals surface area contributed by atoms with Gasteiger partial charge in [-0.15, -0.1) is 0 Å². The first-order chi connectivity index (χ1) is 12.1. The molecule has 0 aromatic heterocycles. The zero-order chi connectivity index (χ0) is 20.1. The largest absolute Gasteiger partial charge is 0.493 e. The fourth-order valence-electron chi connectivity index (χ4n) is 1.47. The van der Waals surface area contributed by atoms with E-state index < -0.39 is 7.12 Å². The Labute approximate surface area is 162 Å². The van der Waals surface area contributed by atoms with Gasteiger partial charge in [0.2, 0.25) is 0 Å². The van der Waals surface area contributed by atoms with E-state index in [0.29, 0.717) is 0 Å². The molecule has 0 fully saturated rings. The lowest BCUT2D eigenvalue weighted by atomic mass is 9.77. The molecule has 146 valence electrons. The normalized spacial score (nSPS) is 14.4. The molecule has 0 bridgehead atoms. The summed E-state index contributed by atoms with van der Waals surface area (Å²) in [5, 5.41) is 0. The minimum Gasteiger partial charge on any atom is -0.410 e. The number of hydrogen-bond acceptors (Lipinski definition) is 4. The van der Waals surface area contributed by atoms with Crippen molar-refractivity contribution in [2.24, 2.45) is 5.92 Å². The van der Waals surface area contributed by atoms with Gasteiger partial charge < -0.3 is 9.31 Å². The lowest BCUT2D eigenvalue weighted by Crippen LogP contribution is -2.21. The van der Waals surface area contributed by atoms with Crippen LogP contribution in [-0.4, -0.2) is 32.9 Å². The quantitative estimate of drug-likeness (QED) is 0.479. The van der Waals surface area contributed by atoms with Gasteiger partial charge in [-0.3, -0.25) is 4.79 Å². The van der Waals surface area contributed by atoms with E-state index >= 15 is 0 Å². The Bertz CT molecular complexity index is 373. The third-order valence-electron chi connectivity index (χ3n) is 2.83. The molecule has 0 saturated carbocycles. The smallest absolute Gasteiger partial charge is 0.410 e. The van der Waals surface area contributed by atoms with Crippen molar-refractivity contribution in [3.05, 3.63) is 35.9 Å². The van der Waals surface area contributed by atoms with Crippen LogP contribution >= 0.6 is 12.6 Å². The van der Waals surface area contributed by atoms with Gasteiger partial charge in [0.1, 0.15) is 0 Å². The van der Waals surface area contributed by atoms with Crippen molar-refractivity contribution in [3.63, 3.8) is 0 Å². The number of hydrogen-bond donors (Lipinski definition) is 1. The lowest BCUT2D eigenvalue weighted by Gasteiger charge is -2.08. The van der Waals surface area contributed by atoms with Crippen LogP contribution in [0.25, 0.3) is 0 Å². The molecule has 0 saturated heterocycles. The predicted molar refractivity (Wildman–Crippen MR) is 116 cm³/mol. The molecule has 0 aliphatic heterocycles.